The van der Waals surface area contributed by atoms with Crippen LogP contribution in [0.1, 0.15) is 38.5 Å². The lowest BCUT2D eigenvalue weighted by atomic mass is 10.2. The van der Waals surface area contributed by atoms with E-state index in [-0.39, 0.29) is 12.6 Å². The quantitative estimate of drug-likeness (QED) is 0.666. The predicted molar refractivity (Wildman–Crippen MR) is 62.2 cm³/mol. The van der Waals surface area contributed by atoms with Crippen LogP contribution in [0, 0.1) is 0 Å². The summed E-state index contributed by atoms with van der Waals surface area (Å²) in [5, 5.41) is 9.02. The Hall–Kier alpha value is -0.610. The number of rotatable bonds is 7. The van der Waals surface area contributed by atoms with Gasteiger partial charge in [-0.25, -0.2) is 0 Å². The number of carbonyl (C=O) groups is 1. The van der Waals surface area contributed by atoms with Crippen molar-refractivity contribution in [1.82, 2.24) is 4.90 Å². The molecule has 0 saturated heterocycles. The number of aliphatic hydroxyl groups is 1. The zero-order chi connectivity index (χ0) is 11.8. The molecule has 1 N–H and O–H groups in total. The molecule has 0 spiro atoms. The fourth-order valence-corrected chi connectivity index (χ4v) is 2.40. The Kier molecular flexibility index (Phi) is 6.42. The molecule has 0 heterocycles. The number of aliphatic hydroxyl groups excluding tert-OH is 1. The van der Waals surface area contributed by atoms with Crippen LogP contribution in [0.3, 0.4) is 0 Å². The van der Waals surface area contributed by atoms with Crippen LogP contribution in [0.5, 0.6) is 0 Å². The van der Waals surface area contributed by atoms with Gasteiger partial charge in [0.25, 0.3) is 0 Å². The Morgan fingerprint density at radius 3 is 2.62 bits per heavy atom. The minimum atomic E-state index is -0.143. The highest BCUT2D eigenvalue weighted by molar-refractivity contribution is 5.69. The third-order valence-electron chi connectivity index (χ3n) is 3.28. The second kappa shape index (κ2) is 7.63. The highest BCUT2D eigenvalue weighted by Gasteiger charge is 2.21. The summed E-state index contributed by atoms with van der Waals surface area (Å²) < 4.78 is 4.61. The average Bonchev–Trinajstić information content (AvgIpc) is 2.81. The molecule has 4 heteroatoms. The highest BCUT2D eigenvalue weighted by Crippen LogP contribution is 2.23. The molecule has 1 aliphatic rings. The van der Waals surface area contributed by atoms with Crippen LogP contribution in [0.15, 0.2) is 0 Å². The minimum absolute atomic E-state index is 0.143. The van der Waals surface area contributed by atoms with Crippen molar-refractivity contribution >= 4 is 5.97 Å². The SMILES string of the molecule is COC(=O)CCCN(CCO)C1CCCC1. The number of methoxy groups -OCH3 is 1. The Morgan fingerprint density at radius 1 is 1.38 bits per heavy atom. The van der Waals surface area contributed by atoms with E-state index in [0.717, 1.165) is 19.5 Å². The van der Waals surface area contributed by atoms with E-state index in [4.69, 9.17) is 5.11 Å². The Balaban J connectivity index is 2.24. The molecule has 1 aliphatic carbocycles. The molecule has 4 nitrogen and oxygen atoms in total. The van der Waals surface area contributed by atoms with Crippen molar-refractivity contribution < 1.29 is 14.6 Å². The zero-order valence-electron chi connectivity index (χ0n) is 10.2. The van der Waals surface area contributed by atoms with Gasteiger partial charge in [0.2, 0.25) is 0 Å². The molecule has 1 rings (SSSR count). The van der Waals surface area contributed by atoms with Gasteiger partial charge < -0.3 is 9.84 Å². The summed E-state index contributed by atoms with van der Waals surface area (Å²) in [5.74, 6) is -0.143. The third kappa shape index (κ3) is 4.49. The number of esters is 1. The molecule has 0 bridgehead atoms. The molecule has 0 aliphatic heterocycles. The first kappa shape index (κ1) is 13.5. The molecule has 0 aromatic rings. The Bertz CT molecular complexity index is 202. The van der Waals surface area contributed by atoms with E-state index in [1.54, 1.807) is 0 Å². The first-order valence-electron chi connectivity index (χ1n) is 6.19. The van der Waals surface area contributed by atoms with Crippen molar-refractivity contribution in [3.8, 4) is 0 Å². The fourth-order valence-electron chi connectivity index (χ4n) is 2.40. The summed E-state index contributed by atoms with van der Waals surface area (Å²) in [4.78, 5) is 13.3. The third-order valence-corrected chi connectivity index (χ3v) is 3.28. The molecule has 0 atom stereocenters. The Labute approximate surface area is 97.6 Å². The van der Waals surface area contributed by atoms with E-state index in [2.05, 4.69) is 9.64 Å². The van der Waals surface area contributed by atoms with Crippen LogP contribution in [-0.2, 0) is 9.53 Å². The fraction of sp³-hybridized carbons (Fsp3) is 0.917. The van der Waals surface area contributed by atoms with Crippen molar-refractivity contribution in [3.05, 3.63) is 0 Å². The maximum atomic E-state index is 11.0. The zero-order valence-corrected chi connectivity index (χ0v) is 10.2. The monoisotopic (exact) mass is 229 g/mol. The first-order valence-corrected chi connectivity index (χ1v) is 6.19. The van der Waals surface area contributed by atoms with E-state index in [9.17, 15) is 4.79 Å². The first-order chi connectivity index (χ1) is 7.77. The van der Waals surface area contributed by atoms with Gasteiger partial charge >= 0.3 is 5.97 Å². The minimum Gasteiger partial charge on any atom is -0.469 e. The Morgan fingerprint density at radius 2 is 2.06 bits per heavy atom. The maximum absolute atomic E-state index is 11.0. The van der Waals surface area contributed by atoms with Gasteiger partial charge in [-0.1, -0.05) is 12.8 Å². The van der Waals surface area contributed by atoms with Gasteiger partial charge in [0, 0.05) is 19.0 Å². The molecule has 16 heavy (non-hydrogen) atoms. The molecule has 0 aromatic carbocycles. The highest BCUT2D eigenvalue weighted by atomic mass is 16.5. The molecule has 1 saturated carbocycles. The molecule has 0 radical (unpaired) electrons. The smallest absolute Gasteiger partial charge is 0.305 e. The van der Waals surface area contributed by atoms with Crippen molar-refractivity contribution in [2.24, 2.45) is 0 Å². The van der Waals surface area contributed by atoms with E-state index in [1.807, 2.05) is 0 Å². The summed E-state index contributed by atoms with van der Waals surface area (Å²) in [5.41, 5.74) is 0. The van der Waals surface area contributed by atoms with E-state index >= 15 is 0 Å². The van der Waals surface area contributed by atoms with E-state index in [1.165, 1.54) is 32.8 Å². The van der Waals surface area contributed by atoms with Crippen molar-refractivity contribution in [3.63, 3.8) is 0 Å². The number of hydrogen-bond donors (Lipinski definition) is 1. The lowest BCUT2D eigenvalue weighted by Crippen LogP contribution is -2.36. The summed E-state index contributed by atoms with van der Waals surface area (Å²) in [6, 6.07) is 0.616. The maximum Gasteiger partial charge on any atom is 0.305 e. The standard InChI is InChI=1S/C12H23NO3/c1-16-12(15)7-4-8-13(9-10-14)11-5-2-3-6-11/h11,14H,2-10H2,1H3. The molecule has 0 unspecified atom stereocenters. The van der Waals surface area contributed by atoms with Crippen molar-refractivity contribution in [2.45, 2.75) is 44.6 Å². The second-order valence-corrected chi connectivity index (χ2v) is 4.38. The van der Waals surface area contributed by atoms with Gasteiger partial charge in [-0.3, -0.25) is 9.69 Å². The van der Waals surface area contributed by atoms with Crippen LogP contribution in [0.2, 0.25) is 0 Å². The largest absolute Gasteiger partial charge is 0.469 e. The summed E-state index contributed by atoms with van der Waals surface area (Å²) in [6.07, 6.45) is 6.36. The summed E-state index contributed by atoms with van der Waals surface area (Å²) in [6.45, 7) is 1.82. The van der Waals surface area contributed by atoms with Crippen LogP contribution >= 0.6 is 0 Å². The van der Waals surface area contributed by atoms with Crippen molar-refractivity contribution in [2.75, 3.05) is 26.8 Å². The topological polar surface area (TPSA) is 49.8 Å². The number of carbonyl (C=O) groups excluding carboxylic acids is 1. The second-order valence-electron chi connectivity index (χ2n) is 4.38. The van der Waals surface area contributed by atoms with Gasteiger partial charge in [0.15, 0.2) is 0 Å². The summed E-state index contributed by atoms with van der Waals surface area (Å²) in [7, 11) is 1.42. The summed E-state index contributed by atoms with van der Waals surface area (Å²) >= 11 is 0. The lowest BCUT2D eigenvalue weighted by Gasteiger charge is -2.27. The predicted octanol–water partition coefficient (Wildman–Crippen LogP) is 1.18. The van der Waals surface area contributed by atoms with Crippen LogP contribution in [0.4, 0.5) is 0 Å². The number of ether oxygens (including phenoxy) is 1. The average molecular weight is 229 g/mol. The van der Waals surface area contributed by atoms with Gasteiger partial charge in [-0.15, -0.1) is 0 Å². The van der Waals surface area contributed by atoms with Crippen LogP contribution < -0.4 is 0 Å². The lowest BCUT2D eigenvalue weighted by molar-refractivity contribution is -0.140. The van der Waals surface area contributed by atoms with Gasteiger partial charge in [-0.2, -0.15) is 0 Å². The molecule has 0 amide bonds. The van der Waals surface area contributed by atoms with E-state index < -0.39 is 0 Å². The molecular formula is C12H23NO3. The van der Waals surface area contributed by atoms with Crippen LogP contribution in [0.25, 0.3) is 0 Å². The van der Waals surface area contributed by atoms with E-state index in [0.29, 0.717) is 12.5 Å². The molecule has 1 fully saturated rings. The normalized spacial score (nSPS) is 16.9. The van der Waals surface area contributed by atoms with Crippen molar-refractivity contribution in [1.29, 1.82) is 0 Å². The van der Waals surface area contributed by atoms with Gasteiger partial charge in [0.1, 0.15) is 0 Å². The van der Waals surface area contributed by atoms with Gasteiger partial charge in [0.05, 0.1) is 13.7 Å². The van der Waals surface area contributed by atoms with Crippen LogP contribution in [-0.4, -0.2) is 48.8 Å². The number of nitrogens with zero attached hydrogens (tertiary/aromatic N) is 1. The molecular weight excluding hydrogens is 206 g/mol. The molecule has 94 valence electrons. The van der Waals surface area contributed by atoms with Gasteiger partial charge in [-0.05, 0) is 25.8 Å². The number of hydrogen-bond acceptors (Lipinski definition) is 4. The molecule has 0 aromatic heterocycles.